The van der Waals surface area contributed by atoms with Crippen molar-refractivity contribution in [1.29, 1.82) is 0 Å². The van der Waals surface area contributed by atoms with E-state index in [-0.39, 0.29) is 23.2 Å². The molecule has 0 radical (unpaired) electrons. The molecule has 7 heteroatoms. The van der Waals surface area contributed by atoms with Gasteiger partial charge >= 0.3 is 0 Å². The highest BCUT2D eigenvalue weighted by Gasteiger charge is 2.06. The molecule has 0 aliphatic heterocycles. The Morgan fingerprint density at radius 1 is 1.35 bits per heavy atom. The minimum atomic E-state index is -0.303. The molecule has 0 aliphatic carbocycles. The third-order valence-corrected chi connectivity index (χ3v) is 3.70. The van der Waals surface area contributed by atoms with Crippen molar-refractivity contribution in [3.05, 3.63) is 57.0 Å². The van der Waals surface area contributed by atoms with E-state index < -0.39 is 0 Å². The highest BCUT2D eigenvalue weighted by Crippen LogP contribution is 2.30. The predicted octanol–water partition coefficient (Wildman–Crippen LogP) is 3.68. The Kier molecular flexibility index (Phi) is 6.01. The topological polar surface area (TPSA) is 73.7 Å². The summed E-state index contributed by atoms with van der Waals surface area (Å²) >= 11 is 9.12. The van der Waals surface area contributed by atoms with Gasteiger partial charge in [-0.05, 0) is 31.2 Å². The second kappa shape index (κ2) is 7.99. The number of carbonyl (C=O) groups excluding carboxylic acids is 1. The maximum atomic E-state index is 11.7. The molecule has 0 aliphatic rings. The zero-order valence-electron chi connectivity index (χ0n) is 12.3. The zero-order valence-corrected chi connectivity index (χ0v) is 14.6. The van der Waals surface area contributed by atoms with Gasteiger partial charge in [0.2, 0.25) is 0 Å². The number of phenols is 1. The molecule has 2 rings (SSSR count). The second-order valence-electron chi connectivity index (χ2n) is 4.84. The van der Waals surface area contributed by atoms with Crippen LogP contribution in [-0.4, -0.2) is 23.8 Å². The Hall–Kier alpha value is -2.05. The number of aryl methyl sites for hydroxylation is 1. The lowest BCUT2D eigenvalue weighted by molar-refractivity contribution is -0.119. The summed E-state index contributed by atoms with van der Waals surface area (Å²) in [6.45, 7) is 2.08. The van der Waals surface area contributed by atoms with Crippen LogP contribution in [0, 0.1) is 6.92 Å². The molecule has 0 saturated heterocycles. The Labute approximate surface area is 147 Å². The minimum absolute atomic E-state index is 0.0889. The molecule has 0 aromatic heterocycles. The number of hydrazone groups is 1. The van der Waals surface area contributed by atoms with Gasteiger partial charge in [0.05, 0.1) is 17.8 Å². The molecule has 5 nitrogen and oxygen atoms in total. The number of hydrogen-bond donors (Lipinski definition) is 3. The fourth-order valence-corrected chi connectivity index (χ4v) is 2.59. The van der Waals surface area contributed by atoms with Crippen LogP contribution in [0.2, 0.25) is 5.02 Å². The monoisotopic (exact) mass is 395 g/mol. The standard InChI is InChI=1S/C16H15BrClN3O2/c1-10-2-4-13(5-3-10)19-9-15(22)21-20-8-11-6-12(17)7-14(18)16(11)23/h2-8,19,23H,9H2,1H3,(H,21,22)/b20-8-. The van der Waals surface area contributed by atoms with E-state index in [9.17, 15) is 9.90 Å². The number of anilines is 1. The number of benzene rings is 2. The normalized spacial score (nSPS) is 10.7. The first-order valence-electron chi connectivity index (χ1n) is 6.76. The average Bonchev–Trinajstić information content (AvgIpc) is 2.51. The van der Waals surface area contributed by atoms with Crippen LogP contribution in [0.5, 0.6) is 5.75 Å². The van der Waals surface area contributed by atoms with Crippen molar-refractivity contribution in [2.24, 2.45) is 5.10 Å². The summed E-state index contributed by atoms with van der Waals surface area (Å²) in [7, 11) is 0. The summed E-state index contributed by atoms with van der Waals surface area (Å²) in [5, 5.41) is 16.8. The first-order chi connectivity index (χ1) is 11.0. The molecule has 3 N–H and O–H groups in total. The smallest absolute Gasteiger partial charge is 0.259 e. The number of rotatable bonds is 5. The number of nitrogens with zero attached hydrogens (tertiary/aromatic N) is 1. The van der Waals surface area contributed by atoms with Gasteiger partial charge in [0, 0.05) is 15.7 Å². The molecule has 1 amide bonds. The van der Waals surface area contributed by atoms with Gasteiger partial charge in [0.25, 0.3) is 5.91 Å². The lowest BCUT2D eigenvalue weighted by Crippen LogP contribution is -2.25. The summed E-state index contributed by atoms with van der Waals surface area (Å²) in [5.41, 5.74) is 4.78. The van der Waals surface area contributed by atoms with Crippen LogP contribution in [0.25, 0.3) is 0 Å². The van der Waals surface area contributed by atoms with Gasteiger partial charge in [-0.15, -0.1) is 0 Å². The van der Waals surface area contributed by atoms with E-state index in [4.69, 9.17) is 11.6 Å². The van der Waals surface area contributed by atoms with Crippen LogP contribution in [0.15, 0.2) is 46.0 Å². The fraction of sp³-hybridized carbons (Fsp3) is 0.125. The van der Waals surface area contributed by atoms with Crippen LogP contribution in [-0.2, 0) is 4.79 Å². The van der Waals surface area contributed by atoms with Gasteiger partial charge < -0.3 is 10.4 Å². The highest BCUT2D eigenvalue weighted by atomic mass is 79.9. The Morgan fingerprint density at radius 2 is 2.04 bits per heavy atom. The average molecular weight is 397 g/mol. The third kappa shape index (κ3) is 5.26. The Bertz CT molecular complexity index is 733. The molecule has 0 unspecified atom stereocenters. The summed E-state index contributed by atoms with van der Waals surface area (Å²) in [5.74, 6) is -0.395. The summed E-state index contributed by atoms with van der Waals surface area (Å²) < 4.78 is 0.703. The highest BCUT2D eigenvalue weighted by molar-refractivity contribution is 9.10. The molecule has 0 heterocycles. The number of nitrogens with one attached hydrogen (secondary N) is 2. The van der Waals surface area contributed by atoms with Crippen LogP contribution in [0.4, 0.5) is 5.69 Å². The molecule has 23 heavy (non-hydrogen) atoms. The quantitative estimate of drug-likeness (QED) is 0.533. The van der Waals surface area contributed by atoms with Gasteiger partial charge in [0.15, 0.2) is 0 Å². The number of hydrogen-bond acceptors (Lipinski definition) is 4. The molecule has 2 aromatic carbocycles. The number of halogens is 2. The van der Waals surface area contributed by atoms with Crippen LogP contribution in [0.1, 0.15) is 11.1 Å². The van der Waals surface area contributed by atoms with Crippen molar-refractivity contribution in [2.45, 2.75) is 6.92 Å². The SMILES string of the molecule is Cc1ccc(NCC(=O)N/N=C\c2cc(Br)cc(Cl)c2O)cc1. The Morgan fingerprint density at radius 3 is 2.74 bits per heavy atom. The van der Waals surface area contributed by atoms with Crippen LogP contribution in [0.3, 0.4) is 0 Å². The van der Waals surface area contributed by atoms with E-state index in [0.717, 1.165) is 11.3 Å². The Balaban J connectivity index is 1.88. The lowest BCUT2D eigenvalue weighted by atomic mass is 10.2. The summed E-state index contributed by atoms with van der Waals surface area (Å²) in [4.78, 5) is 11.7. The molecule has 120 valence electrons. The third-order valence-electron chi connectivity index (χ3n) is 2.96. The van der Waals surface area contributed by atoms with E-state index in [1.807, 2.05) is 31.2 Å². The largest absolute Gasteiger partial charge is 0.506 e. The molecule has 0 saturated carbocycles. The number of phenolic OH excluding ortho intramolecular Hbond substituents is 1. The van der Waals surface area contributed by atoms with Crippen molar-refractivity contribution < 1.29 is 9.90 Å². The zero-order chi connectivity index (χ0) is 16.8. The second-order valence-corrected chi connectivity index (χ2v) is 6.16. The van der Waals surface area contributed by atoms with Gasteiger partial charge in [-0.25, -0.2) is 5.43 Å². The summed E-state index contributed by atoms with van der Waals surface area (Å²) in [6.07, 6.45) is 1.33. The van der Waals surface area contributed by atoms with Gasteiger partial charge in [-0.1, -0.05) is 45.2 Å². The van der Waals surface area contributed by atoms with E-state index in [1.165, 1.54) is 6.21 Å². The summed E-state index contributed by atoms with van der Waals surface area (Å²) in [6, 6.07) is 10.9. The van der Waals surface area contributed by atoms with Crippen molar-refractivity contribution in [2.75, 3.05) is 11.9 Å². The van der Waals surface area contributed by atoms with Crippen molar-refractivity contribution in [3.8, 4) is 5.75 Å². The van der Waals surface area contributed by atoms with E-state index in [2.05, 4.69) is 31.8 Å². The van der Waals surface area contributed by atoms with Crippen LogP contribution >= 0.6 is 27.5 Å². The fourth-order valence-electron chi connectivity index (χ4n) is 1.75. The van der Waals surface area contributed by atoms with Gasteiger partial charge in [-0.3, -0.25) is 4.79 Å². The molecule has 2 aromatic rings. The first-order valence-corrected chi connectivity index (χ1v) is 7.93. The maximum absolute atomic E-state index is 11.7. The van der Waals surface area contributed by atoms with Gasteiger partial charge in [-0.2, -0.15) is 5.10 Å². The van der Waals surface area contributed by atoms with Crippen LogP contribution < -0.4 is 10.7 Å². The van der Waals surface area contributed by atoms with Crippen molar-refractivity contribution in [3.63, 3.8) is 0 Å². The molecule has 0 spiro atoms. The van der Waals surface area contributed by atoms with Crippen molar-refractivity contribution in [1.82, 2.24) is 5.43 Å². The molecule has 0 atom stereocenters. The van der Waals surface area contributed by atoms with Crippen molar-refractivity contribution >= 4 is 45.3 Å². The van der Waals surface area contributed by atoms with E-state index >= 15 is 0 Å². The molecule has 0 bridgehead atoms. The number of amides is 1. The lowest BCUT2D eigenvalue weighted by Gasteiger charge is -2.06. The molecule has 0 fully saturated rings. The van der Waals surface area contributed by atoms with Gasteiger partial charge in [0.1, 0.15) is 5.75 Å². The predicted molar refractivity (Wildman–Crippen MR) is 96.2 cm³/mol. The molecular weight excluding hydrogens is 382 g/mol. The van der Waals surface area contributed by atoms with E-state index in [1.54, 1.807) is 12.1 Å². The molecular formula is C16H15BrClN3O2. The first kappa shape index (κ1) is 17.3. The maximum Gasteiger partial charge on any atom is 0.259 e. The minimum Gasteiger partial charge on any atom is -0.506 e. The number of carbonyl (C=O) groups is 1. The number of aromatic hydroxyl groups is 1. The van der Waals surface area contributed by atoms with E-state index in [0.29, 0.717) is 10.0 Å².